The highest BCUT2D eigenvalue weighted by Gasteiger charge is 2.45. The lowest BCUT2D eigenvalue weighted by atomic mass is 9.96. The minimum absolute atomic E-state index is 0.260. The second-order valence-electron chi connectivity index (χ2n) is 6.16. The second-order valence-corrected chi connectivity index (χ2v) is 6.16. The number of fused-ring (bicyclic) bond motifs is 2. The number of hydrogen-bond acceptors (Lipinski definition) is 5. The quantitative estimate of drug-likeness (QED) is 0.884. The number of benzene rings is 1. The number of aliphatic carboxylic acids is 1. The summed E-state index contributed by atoms with van der Waals surface area (Å²) >= 11 is 0. The van der Waals surface area contributed by atoms with Gasteiger partial charge in [0, 0.05) is 12.1 Å². The van der Waals surface area contributed by atoms with Crippen LogP contribution in [0, 0.1) is 0 Å². The molecule has 3 rings (SSSR count). The normalized spacial score (nSPS) is 19.9. The Morgan fingerprint density at radius 2 is 1.96 bits per heavy atom. The molecule has 1 aromatic carbocycles. The molecule has 0 radical (unpaired) electrons. The Morgan fingerprint density at radius 1 is 1.35 bits per heavy atom. The number of carboxylic acid groups (broad SMARTS) is 1. The van der Waals surface area contributed by atoms with Crippen LogP contribution >= 0.6 is 0 Å². The van der Waals surface area contributed by atoms with Crippen LogP contribution in [0.4, 0.5) is 11.4 Å². The van der Waals surface area contributed by atoms with Crippen LogP contribution in [0.3, 0.4) is 0 Å². The largest absolute Gasteiger partial charge is 0.486 e. The molecule has 1 aromatic rings. The van der Waals surface area contributed by atoms with E-state index in [1.54, 1.807) is 12.1 Å². The van der Waals surface area contributed by atoms with Crippen molar-refractivity contribution >= 4 is 23.3 Å². The third-order valence-corrected chi connectivity index (χ3v) is 4.24. The molecule has 2 N–H and O–H groups in total. The first-order valence-electron chi connectivity index (χ1n) is 7.64. The highest BCUT2D eigenvalue weighted by Crippen LogP contribution is 2.44. The van der Waals surface area contributed by atoms with Gasteiger partial charge in [-0.15, -0.1) is 0 Å². The molecule has 2 heterocycles. The van der Waals surface area contributed by atoms with Crippen molar-refractivity contribution in [1.29, 1.82) is 0 Å². The summed E-state index contributed by atoms with van der Waals surface area (Å²) in [5.41, 5.74) is -0.197. The third kappa shape index (κ3) is 2.36. The predicted molar refractivity (Wildman–Crippen MR) is 84.3 cm³/mol. The summed E-state index contributed by atoms with van der Waals surface area (Å²) in [6.45, 7) is 5.81. The number of rotatable bonds is 3. The fourth-order valence-electron chi connectivity index (χ4n) is 2.85. The van der Waals surface area contributed by atoms with E-state index in [0.717, 1.165) is 0 Å². The molecule has 0 aliphatic carbocycles. The van der Waals surface area contributed by atoms with E-state index < -0.39 is 17.6 Å². The molecule has 0 aromatic heterocycles. The van der Waals surface area contributed by atoms with E-state index in [2.05, 4.69) is 5.32 Å². The van der Waals surface area contributed by atoms with E-state index in [1.807, 2.05) is 6.92 Å². The molecule has 0 fully saturated rings. The Balaban J connectivity index is 2.16. The van der Waals surface area contributed by atoms with Gasteiger partial charge in [0.15, 0.2) is 11.5 Å². The first-order chi connectivity index (χ1) is 10.9. The molecule has 124 valence electrons. The van der Waals surface area contributed by atoms with Crippen LogP contribution < -0.4 is 19.7 Å². The smallest absolute Gasteiger partial charge is 0.329 e. The lowest BCUT2D eigenvalue weighted by Gasteiger charge is -2.42. The van der Waals surface area contributed by atoms with Crippen molar-refractivity contribution in [3.8, 4) is 11.5 Å². The molecule has 0 bridgehead atoms. The van der Waals surface area contributed by atoms with E-state index in [-0.39, 0.29) is 5.91 Å². The van der Waals surface area contributed by atoms with E-state index in [0.29, 0.717) is 42.5 Å². The number of nitrogens with zero attached hydrogens (tertiary/aromatic N) is 1. The number of ether oxygens (including phenoxy) is 2. The second kappa shape index (κ2) is 5.33. The minimum Gasteiger partial charge on any atom is -0.486 e. The zero-order chi connectivity index (χ0) is 16.8. The summed E-state index contributed by atoms with van der Waals surface area (Å²) in [5, 5.41) is 12.7. The lowest BCUT2D eigenvalue weighted by molar-refractivity contribution is -0.144. The summed E-state index contributed by atoms with van der Waals surface area (Å²) < 4.78 is 11.1. The summed E-state index contributed by atoms with van der Waals surface area (Å²) in [5.74, 6) is -0.210. The molecule has 7 heteroatoms. The Bertz CT molecular complexity index is 671. The zero-order valence-corrected chi connectivity index (χ0v) is 13.4. The fraction of sp³-hybridized carbons (Fsp3) is 0.500. The Morgan fingerprint density at radius 3 is 2.52 bits per heavy atom. The molecule has 0 spiro atoms. The number of amides is 1. The van der Waals surface area contributed by atoms with Gasteiger partial charge in [0.25, 0.3) is 5.91 Å². The molecular weight excluding hydrogens is 300 g/mol. The third-order valence-electron chi connectivity index (χ3n) is 4.24. The van der Waals surface area contributed by atoms with Crippen molar-refractivity contribution in [2.75, 3.05) is 23.4 Å². The Hall–Kier alpha value is -2.44. The van der Waals surface area contributed by atoms with Crippen LogP contribution in [0.15, 0.2) is 12.1 Å². The SMILES string of the molecule is CCC1Nc2cc3c(cc2N(C(C)(C)C(=O)O)C1=O)OCCO3. The first-order valence-corrected chi connectivity index (χ1v) is 7.64. The van der Waals surface area contributed by atoms with Gasteiger partial charge in [0.05, 0.1) is 11.4 Å². The monoisotopic (exact) mass is 320 g/mol. The van der Waals surface area contributed by atoms with Gasteiger partial charge in [-0.05, 0) is 20.3 Å². The van der Waals surface area contributed by atoms with Crippen LogP contribution in [0.2, 0.25) is 0 Å². The summed E-state index contributed by atoms with van der Waals surface area (Å²) in [4.78, 5) is 25.8. The van der Waals surface area contributed by atoms with Gasteiger partial charge < -0.3 is 19.9 Å². The first kappa shape index (κ1) is 15.5. The maximum Gasteiger partial charge on any atom is 0.329 e. The number of hydrogen-bond donors (Lipinski definition) is 2. The predicted octanol–water partition coefficient (Wildman–Crippen LogP) is 1.86. The van der Waals surface area contributed by atoms with Gasteiger partial charge in [-0.2, -0.15) is 0 Å². The number of anilines is 2. The Labute approximate surface area is 134 Å². The average Bonchev–Trinajstić information content (AvgIpc) is 2.52. The number of carbonyl (C=O) groups excluding carboxylic acids is 1. The highest BCUT2D eigenvalue weighted by atomic mass is 16.6. The molecular formula is C16H20N2O5. The molecule has 1 unspecified atom stereocenters. The minimum atomic E-state index is -1.37. The molecule has 0 saturated heterocycles. The topological polar surface area (TPSA) is 88.1 Å². The van der Waals surface area contributed by atoms with Gasteiger partial charge in [0.1, 0.15) is 24.8 Å². The number of carboxylic acids is 1. The van der Waals surface area contributed by atoms with Crippen LogP contribution in [0.5, 0.6) is 11.5 Å². The summed E-state index contributed by atoms with van der Waals surface area (Å²) in [6.07, 6.45) is 0.554. The summed E-state index contributed by atoms with van der Waals surface area (Å²) in [7, 11) is 0. The zero-order valence-electron chi connectivity index (χ0n) is 13.4. The average molecular weight is 320 g/mol. The van der Waals surface area contributed by atoms with Crippen LogP contribution in [0.25, 0.3) is 0 Å². The molecule has 23 heavy (non-hydrogen) atoms. The van der Waals surface area contributed by atoms with E-state index in [9.17, 15) is 14.7 Å². The van der Waals surface area contributed by atoms with E-state index in [4.69, 9.17) is 9.47 Å². The van der Waals surface area contributed by atoms with Crippen molar-refractivity contribution in [2.45, 2.75) is 38.8 Å². The molecule has 1 amide bonds. The van der Waals surface area contributed by atoms with Gasteiger partial charge in [-0.25, -0.2) is 4.79 Å². The van der Waals surface area contributed by atoms with E-state index >= 15 is 0 Å². The highest BCUT2D eigenvalue weighted by molar-refractivity contribution is 6.10. The molecule has 7 nitrogen and oxygen atoms in total. The van der Waals surface area contributed by atoms with Gasteiger partial charge in [0.2, 0.25) is 0 Å². The molecule has 1 atom stereocenters. The van der Waals surface area contributed by atoms with Crippen molar-refractivity contribution in [3.63, 3.8) is 0 Å². The van der Waals surface area contributed by atoms with Crippen LogP contribution in [-0.2, 0) is 9.59 Å². The Kier molecular flexibility index (Phi) is 3.58. The lowest BCUT2D eigenvalue weighted by Crippen LogP contribution is -2.59. The van der Waals surface area contributed by atoms with E-state index in [1.165, 1.54) is 18.7 Å². The number of nitrogens with one attached hydrogen (secondary N) is 1. The standard InChI is InChI=1S/C16H20N2O5/c1-4-9-14(19)18(16(2,3)15(20)21)11-8-13-12(7-10(11)17-9)22-5-6-23-13/h7-9,17H,4-6H2,1-3H3,(H,20,21). The van der Waals surface area contributed by atoms with Crippen molar-refractivity contribution < 1.29 is 24.2 Å². The van der Waals surface area contributed by atoms with Gasteiger partial charge in [-0.1, -0.05) is 6.92 Å². The van der Waals surface area contributed by atoms with Crippen LogP contribution in [0.1, 0.15) is 27.2 Å². The summed E-state index contributed by atoms with van der Waals surface area (Å²) in [6, 6.07) is 2.97. The van der Waals surface area contributed by atoms with Crippen molar-refractivity contribution in [2.24, 2.45) is 0 Å². The number of carbonyl (C=O) groups is 2. The molecule has 0 saturated carbocycles. The van der Waals surface area contributed by atoms with Gasteiger partial charge in [-0.3, -0.25) is 9.69 Å². The maximum atomic E-state index is 12.8. The molecule has 2 aliphatic heterocycles. The van der Waals surface area contributed by atoms with Gasteiger partial charge >= 0.3 is 5.97 Å². The van der Waals surface area contributed by atoms with Crippen molar-refractivity contribution in [3.05, 3.63) is 12.1 Å². The maximum absolute atomic E-state index is 12.8. The fourth-order valence-corrected chi connectivity index (χ4v) is 2.85. The molecule has 2 aliphatic rings. The van der Waals surface area contributed by atoms with Crippen LogP contribution in [-0.4, -0.2) is 41.8 Å². The van der Waals surface area contributed by atoms with Crippen molar-refractivity contribution in [1.82, 2.24) is 0 Å².